The molecular formula is C19H22N4O. The monoisotopic (exact) mass is 322 g/mol. The fraction of sp³-hybridized carbons (Fsp3) is 0.474. The van der Waals surface area contributed by atoms with Gasteiger partial charge >= 0.3 is 0 Å². The lowest BCUT2D eigenvalue weighted by Crippen LogP contribution is -2.48. The molecule has 4 rings (SSSR count). The highest BCUT2D eigenvalue weighted by Crippen LogP contribution is 2.43. The first-order valence-corrected chi connectivity index (χ1v) is 8.66. The second kappa shape index (κ2) is 5.96. The van der Waals surface area contributed by atoms with E-state index >= 15 is 0 Å². The summed E-state index contributed by atoms with van der Waals surface area (Å²) in [5.41, 5.74) is 3.47. The van der Waals surface area contributed by atoms with Crippen LogP contribution in [0.4, 0.5) is 0 Å². The Labute approximate surface area is 142 Å². The predicted molar refractivity (Wildman–Crippen MR) is 90.5 cm³/mol. The second-order valence-electron chi connectivity index (χ2n) is 7.03. The Kier molecular flexibility index (Phi) is 3.79. The summed E-state index contributed by atoms with van der Waals surface area (Å²) in [5, 5.41) is 0. The van der Waals surface area contributed by atoms with E-state index in [9.17, 15) is 4.79 Å². The van der Waals surface area contributed by atoms with Crippen LogP contribution in [0.2, 0.25) is 0 Å². The Morgan fingerprint density at radius 3 is 3.08 bits per heavy atom. The highest BCUT2D eigenvalue weighted by Gasteiger charge is 2.44. The summed E-state index contributed by atoms with van der Waals surface area (Å²) in [7, 11) is 0. The number of fused-ring (bicyclic) bond motifs is 2. The van der Waals surface area contributed by atoms with E-state index in [0.29, 0.717) is 6.42 Å². The maximum atomic E-state index is 12.8. The predicted octanol–water partition coefficient (Wildman–Crippen LogP) is 2.23. The van der Waals surface area contributed by atoms with Gasteiger partial charge in [-0.2, -0.15) is 0 Å². The van der Waals surface area contributed by atoms with Crippen molar-refractivity contribution in [3.63, 3.8) is 0 Å². The molecule has 2 aromatic heterocycles. The van der Waals surface area contributed by atoms with Gasteiger partial charge in [0, 0.05) is 37.1 Å². The lowest BCUT2D eigenvalue weighted by atomic mass is 9.77. The number of piperidine rings is 1. The SMILES string of the molecule is Cc1ncc2c(n1)C1(CCCN(C(=O)Cc3cccnc3)C1)CC2. The standard InChI is InChI=1S/C19H22N4O/c1-14-21-12-16-5-7-19(18(16)22-14)6-3-9-23(13-19)17(24)10-15-4-2-8-20-11-15/h2,4,8,11-12H,3,5-7,9-10,13H2,1H3. The molecule has 1 saturated heterocycles. The van der Waals surface area contributed by atoms with Crippen molar-refractivity contribution in [1.29, 1.82) is 0 Å². The van der Waals surface area contributed by atoms with Crippen molar-refractivity contribution in [2.45, 2.75) is 44.4 Å². The van der Waals surface area contributed by atoms with Gasteiger partial charge in [-0.15, -0.1) is 0 Å². The zero-order chi connectivity index (χ0) is 16.6. The Morgan fingerprint density at radius 2 is 2.25 bits per heavy atom. The van der Waals surface area contributed by atoms with Gasteiger partial charge in [0.15, 0.2) is 0 Å². The van der Waals surface area contributed by atoms with Gasteiger partial charge in [-0.1, -0.05) is 6.07 Å². The molecule has 0 radical (unpaired) electrons. The molecule has 1 aliphatic heterocycles. The number of aromatic nitrogens is 3. The topological polar surface area (TPSA) is 59.0 Å². The van der Waals surface area contributed by atoms with Gasteiger partial charge in [-0.05, 0) is 49.8 Å². The van der Waals surface area contributed by atoms with E-state index in [1.165, 1.54) is 11.3 Å². The molecule has 0 bridgehead atoms. The van der Waals surface area contributed by atoms with Gasteiger partial charge < -0.3 is 4.90 Å². The Hall–Kier alpha value is -2.30. The van der Waals surface area contributed by atoms with E-state index in [4.69, 9.17) is 4.98 Å². The summed E-state index contributed by atoms with van der Waals surface area (Å²) in [6.07, 6.45) is 10.2. The summed E-state index contributed by atoms with van der Waals surface area (Å²) < 4.78 is 0. The second-order valence-corrected chi connectivity index (χ2v) is 7.03. The molecule has 1 aliphatic carbocycles. The normalized spacial score (nSPS) is 22.6. The van der Waals surface area contributed by atoms with Crippen LogP contribution in [0.5, 0.6) is 0 Å². The molecular weight excluding hydrogens is 300 g/mol. The first-order valence-electron chi connectivity index (χ1n) is 8.66. The zero-order valence-electron chi connectivity index (χ0n) is 14.0. The van der Waals surface area contributed by atoms with Crippen molar-refractivity contribution in [3.8, 4) is 0 Å². The van der Waals surface area contributed by atoms with Crippen LogP contribution in [0.3, 0.4) is 0 Å². The maximum Gasteiger partial charge on any atom is 0.227 e. The van der Waals surface area contributed by atoms with Gasteiger partial charge in [0.25, 0.3) is 0 Å². The van der Waals surface area contributed by atoms with Gasteiger partial charge in [0.1, 0.15) is 5.82 Å². The van der Waals surface area contributed by atoms with Crippen LogP contribution in [0.25, 0.3) is 0 Å². The first kappa shape index (κ1) is 15.2. The average Bonchev–Trinajstić information content (AvgIpc) is 2.93. The third kappa shape index (κ3) is 2.68. The molecule has 1 unspecified atom stereocenters. The molecule has 0 N–H and O–H groups in total. The lowest BCUT2D eigenvalue weighted by Gasteiger charge is -2.40. The van der Waals surface area contributed by atoms with Crippen molar-refractivity contribution in [3.05, 3.63) is 53.4 Å². The van der Waals surface area contributed by atoms with Crippen molar-refractivity contribution in [2.24, 2.45) is 0 Å². The molecule has 3 heterocycles. The number of carbonyl (C=O) groups is 1. The van der Waals surface area contributed by atoms with Crippen LogP contribution in [0, 0.1) is 6.92 Å². The van der Waals surface area contributed by atoms with Crippen molar-refractivity contribution < 1.29 is 4.79 Å². The maximum absolute atomic E-state index is 12.8. The molecule has 0 aromatic carbocycles. The van der Waals surface area contributed by atoms with Gasteiger partial charge in [-0.25, -0.2) is 9.97 Å². The number of likely N-dealkylation sites (tertiary alicyclic amines) is 1. The molecule has 1 amide bonds. The average molecular weight is 322 g/mol. The summed E-state index contributed by atoms with van der Waals surface area (Å²) in [5.74, 6) is 1.02. The summed E-state index contributed by atoms with van der Waals surface area (Å²) in [6, 6.07) is 3.85. The van der Waals surface area contributed by atoms with Crippen LogP contribution in [0.15, 0.2) is 30.7 Å². The molecule has 1 spiro atoms. The van der Waals surface area contributed by atoms with E-state index in [1.54, 1.807) is 12.4 Å². The molecule has 5 heteroatoms. The molecule has 124 valence electrons. The molecule has 24 heavy (non-hydrogen) atoms. The molecule has 1 atom stereocenters. The van der Waals surface area contributed by atoms with Gasteiger partial charge in [0.05, 0.1) is 12.1 Å². The van der Waals surface area contributed by atoms with Crippen LogP contribution in [-0.2, 0) is 23.1 Å². The third-order valence-electron chi connectivity index (χ3n) is 5.37. The molecule has 1 fully saturated rings. The van der Waals surface area contributed by atoms with E-state index in [1.807, 2.05) is 30.2 Å². The van der Waals surface area contributed by atoms with Crippen LogP contribution in [-0.4, -0.2) is 38.8 Å². The van der Waals surface area contributed by atoms with Crippen LogP contribution >= 0.6 is 0 Å². The summed E-state index contributed by atoms with van der Waals surface area (Å²) >= 11 is 0. The highest BCUT2D eigenvalue weighted by molar-refractivity contribution is 5.79. The number of rotatable bonds is 2. The number of carbonyl (C=O) groups excluding carboxylic acids is 1. The molecule has 5 nitrogen and oxygen atoms in total. The third-order valence-corrected chi connectivity index (χ3v) is 5.37. The number of hydrogen-bond acceptors (Lipinski definition) is 4. The van der Waals surface area contributed by atoms with E-state index in [-0.39, 0.29) is 11.3 Å². The van der Waals surface area contributed by atoms with E-state index in [0.717, 1.165) is 50.2 Å². The minimum Gasteiger partial charge on any atom is -0.341 e. The largest absolute Gasteiger partial charge is 0.341 e. The fourth-order valence-electron chi connectivity index (χ4n) is 4.16. The minimum atomic E-state index is 0.0336. The quantitative estimate of drug-likeness (QED) is 0.851. The zero-order valence-corrected chi connectivity index (χ0v) is 14.0. The van der Waals surface area contributed by atoms with Crippen molar-refractivity contribution in [2.75, 3.05) is 13.1 Å². The van der Waals surface area contributed by atoms with Gasteiger partial charge in [0.2, 0.25) is 5.91 Å². The number of nitrogens with zero attached hydrogens (tertiary/aromatic N) is 4. The lowest BCUT2D eigenvalue weighted by molar-refractivity contribution is -0.132. The molecule has 2 aliphatic rings. The summed E-state index contributed by atoms with van der Waals surface area (Å²) in [6.45, 7) is 3.58. The number of hydrogen-bond donors (Lipinski definition) is 0. The molecule has 2 aromatic rings. The number of aryl methyl sites for hydroxylation is 2. The first-order chi connectivity index (χ1) is 11.7. The minimum absolute atomic E-state index is 0.0336. The molecule has 0 saturated carbocycles. The summed E-state index contributed by atoms with van der Waals surface area (Å²) in [4.78, 5) is 28.0. The number of amides is 1. The van der Waals surface area contributed by atoms with Crippen molar-refractivity contribution in [1.82, 2.24) is 19.9 Å². The van der Waals surface area contributed by atoms with Crippen LogP contribution < -0.4 is 0 Å². The Bertz CT molecular complexity index is 757. The fourth-order valence-corrected chi connectivity index (χ4v) is 4.16. The van der Waals surface area contributed by atoms with Crippen molar-refractivity contribution >= 4 is 5.91 Å². The van der Waals surface area contributed by atoms with E-state index < -0.39 is 0 Å². The smallest absolute Gasteiger partial charge is 0.227 e. The Morgan fingerprint density at radius 1 is 1.33 bits per heavy atom. The van der Waals surface area contributed by atoms with Gasteiger partial charge in [-0.3, -0.25) is 9.78 Å². The Balaban J connectivity index is 1.55. The van der Waals surface area contributed by atoms with E-state index in [2.05, 4.69) is 9.97 Å². The van der Waals surface area contributed by atoms with Crippen LogP contribution in [0.1, 0.15) is 41.9 Å². The number of pyridine rings is 1. The highest BCUT2D eigenvalue weighted by atomic mass is 16.2.